The normalized spacial score (nSPS) is 9.94. The van der Waals surface area contributed by atoms with E-state index in [9.17, 15) is 20.2 Å². The highest BCUT2D eigenvalue weighted by Crippen LogP contribution is 2.36. The molecule has 0 N–H and O–H groups in total. The van der Waals surface area contributed by atoms with Gasteiger partial charge in [-0.05, 0) is 6.07 Å². The van der Waals surface area contributed by atoms with Gasteiger partial charge in [0, 0.05) is 19.2 Å². The zero-order chi connectivity index (χ0) is 12.8. The number of rotatable bonds is 6. The number of nitro groups is 2. The molecule has 0 bridgehead atoms. The SMILES string of the molecule is COCCOc1c([N+](=O)[O-])cccc1[N+](=O)[O-]. The van der Waals surface area contributed by atoms with Crippen molar-refractivity contribution in [1.82, 2.24) is 0 Å². The fourth-order valence-electron chi connectivity index (χ4n) is 1.18. The molecule has 0 aliphatic heterocycles. The molecule has 0 amide bonds. The molecule has 0 aliphatic rings. The number of ether oxygens (including phenoxy) is 2. The molecule has 0 unspecified atom stereocenters. The largest absolute Gasteiger partial charge is 0.480 e. The monoisotopic (exact) mass is 242 g/mol. The van der Waals surface area contributed by atoms with Gasteiger partial charge < -0.3 is 9.47 Å². The molecule has 0 atom stereocenters. The lowest BCUT2D eigenvalue weighted by Crippen LogP contribution is -2.07. The van der Waals surface area contributed by atoms with E-state index in [4.69, 9.17) is 9.47 Å². The number of methoxy groups -OCH3 is 1. The Labute approximate surface area is 96.1 Å². The first-order valence-corrected chi connectivity index (χ1v) is 4.61. The second kappa shape index (κ2) is 5.75. The zero-order valence-corrected chi connectivity index (χ0v) is 8.99. The summed E-state index contributed by atoms with van der Waals surface area (Å²) in [5.41, 5.74) is -0.870. The third-order valence-electron chi connectivity index (χ3n) is 1.90. The van der Waals surface area contributed by atoms with Crippen LogP contribution in [-0.4, -0.2) is 30.2 Å². The minimum atomic E-state index is -0.727. The van der Waals surface area contributed by atoms with Gasteiger partial charge in [0.25, 0.3) is 5.75 Å². The van der Waals surface area contributed by atoms with Crippen molar-refractivity contribution in [3.05, 3.63) is 38.4 Å². The molecule has 0 saturated heterocycles. The van der Waals surface area contributed by atoms with Crippen molar-refractivity contribution in [2.45, 2.75) is 0 Å². The Bertz CT molecular complexity index is 401. The van der Waals surface area contributed by atoms with Crippen LogP contribution in [0.1, 0.15) is 0 Å². The van der Waals surface area contributed by atoms with Crippen molar-refractivity contribution < 1.29 is 19.3 Å². The van der Waals surface area contributed by atoms with E-state index in [1.807, 2.05) is 0 Å². The van der Waals surface area contributed by atoms with Crippen molar-refractivity contribution in [3.8, 4) is 5.75 Å². The van der Waals surface area contributed by atoms with Crippen LogP contribution in [0.15, 0.2) is 18.2 Å². The van der Waals surface area contributed by atoms with Crippen molar-refractivity contribution in [1.29, 1.82) is 0 Å². The molecule has 1 rings (SSSR count). The first-order chi connectivity index (χ1) is 8.07. The Morgan fingerprint density at radius 2 is 1.65 bits per heavy atom. The summed E-state index contributed by atoms with van der Waals surface area (Å²) in [6, 6.07) is 3.53. The molecule has 0 heterocycles. The van der Waals surface area contributed by atoms with Crippen molar-refractivity contribution >= 4 is 11.4 Å². The van der Waals surface area contributed by atoms with Crippen molar-refractivity contribution in [2.24, 2.45) is 0 Å². The molecule has 17 heavy (non-hydrogen) atoms. The van der Waals surface area contributed by atoms with Crippen molar-refractivity contribution in [2.75, 3.05) is 20.3 Å². The lowest BCUT2D eigenvalue weighted by molar-refractivity contribution is -0.396. The van der Waals surface area contributed by atoms with Crippen LogP contribution in [-0.2, 0) is 4.74 Å². The summed E-state index contributed by atoms with van der Waals surface area (Å²) < 4.78 is 9.72. The average Bonchev–Trinajstić information content (AvgIpc) is 2.28. The van der Waals surface area contributed by atoms with Gasteiger partial charge in [-0.25, -0.2) is 0 Å². The molecule has 92 valence electrons. The standard InChI is InChI=1S/C9H10N2O6/c1-16-5-6-17-9-7(10(12)13)3-2-4-8(9)11(14)15/h2-4H,5-6H2,1H3. The quantitative estimate of drug-likeness (QED) is 0.425. The summed E-state index contributed by atoms with van der Waals surface area (Å²) in [7, 11) is 1.43. The highest BCUT2D eigenvalue weighted by molar-refractivity contribution is 5.59. The van der Waals surface area contributed by atoms with E-state index in [2.05, 4.69) is 0 Å². The Balaban J connectivity index is 3.10. The summed E-state index contributed by atoms with van der Waals surface area (Å²) in [5, 5.41) is 21.4. The van der Waals surface area contributed by atoms with E-state index >= 15 is 0 Å². The van der Waals surface area contributed by atoms with Gasteiger partial charge in [-0.3, -0.25) is 20.2 Å². The van der Waals surface area contributed by atoms with Crippen LogP contribution in [0.3, 0.4) is 0 Å². The van der Waals surface area contributed by atoms with Crippen LogP contribution < -0.4 is 4.74 Å². The van der Waals surface area contributed by atoms with E-state index < -0.39 is 21.2 Å². The second-order valence-electron chi connectivity index (χ2n) is 2.98. The van der Waals surface area contributed by atoms with Gasteiger partial charge in [0.15, 0.2) is 0 Å². The fourth-order valence-corrected chi connectivity index (χ4v) is 1.18. The first kappa shape index (κ1) is 12.8. The Hall–Kier alpha value is -2.22. The molecule has 1 aromatic rings. The molecule has 0 saturated carbocycles. The lowest BCUT2D eigenvalue weighted by atomic mass is 10.2. The maximum atomic E-state index is 10.7. The number of para-hydroxylation sites is 1. The van der Waals surface area contributed by atoms with Gasteiger partial charge in [-0.1, -0.05) is 0 Å². The molecule has 8 heteroatoms. The molecule has 8 nitrogen and oxygen atoms in total. The molecular weight excluding hydrogens is 232 g/mol. The molecule has 0 aromatic heterocycles. The minimum Gasteiger partial charge on any atom is -0.480 e. The zero-order valence-electron chi connectivity index (χ0n) is 8.99. The predicted molar refractivity (Wildman–Crippen MR) is 57.1 cm³/mol. The molecular formula is C9H10N2O6. The van der Waals surface area contributed by atoms with Gasteiger partial charge in [0.1, 0.15) is 6.61 Å². The predicted octanol–water partition coefficient (Wildman–Crippen LogP) is 1.53. The van der Waals surface area contributed by atoms with Gasteiger partial charge in [0.2, 0.25) is 0 Å². The summed E-state index contributed by atoms with van der Waals surface area (Å²) in [5.74, 6) is -0.348. The second-order valence-corrected chi connectivity index (χ2v) is 2.98. The summed E-state index contributed by atoms with van der Waals surface area (Å²) in [4.78, 5) is 19.9. The molecule has 0 aliphatic carbocycles. The van der Waals surface area contributed by atoms with Crippen LogP contribution in [0.4, 0.5) is 11.4 Å². The van der Waals surface area contributed by atoms with Crippen LogP contribution in [0.2, 0.25) is 0 Å². The van der Waals surface area contributed by atoms with Gasteiger partial charge in [-0.15, -0.1) is 0 Å². The highest BCUT2D eigenvalue weighted by Gasteiger charge is 2.26. The van der Waals surface area contributed by atoms with Gasteiger partial charge in [0.05, 0.1) is 16.5 Å². The maximum Gasteiger partial charge on any atom is 0.318 e. The fraction of sp³-hybridized carbons (Fsp3) is 0.333. The number of nitrogens with zero attached hydrogens (tertiary/aromatic N) is 2. The van der Waals surface area contributed by atoms with E-state index in [0.717, 1.165) is 12.1 Å². The Kier molecular flexibility index (Phi) is 4.35. The smallest absolute Gasteiger partial charge is 0.318 e. The number of hydrogen-bond donors (Lipinski definition) is 0. The van der Waals surface area contributed by atoms with Gasteiger partial charge in [-0.2, -0.15) is 0 Å². The third-order valence-corrected chi connectivity index (χ3v) is 1.90. The number of nitro benzene ring substituents is 2. The number of hydrogen-bond acceptors (Lipinski definition) is 6. The van der Waals surface area contributed by atoms with Crippen molar-refractivity contribution in [3.63, 3.8) is 0 Å². The summed E-state index contributed by atoms with van der Waals surface area (Å²) >= 11 is 0. The molecule has 0 fully saturated rings. The maximum absolute atomic E-state index is 10.7. The molecule has 0 radical (unpaired) electrons. The number of benzene rings is 1. The summed E-state index contributed by atoms with van der Waals surface area (Å²) in [6.07, 6.45) is 0. The van der Waals surface area contributed by atoms with Crippen LogP contribution in [0.5, 0.6) is 5.75 Å². The van der Waals surface area contributed by atoms with Crippen LogP contribution in [0, 0.1) is 20.2 Å². The Morgan fingerprint density at radius 3 is 2.06 bits per heavy atom. The molecule has 1 aromatic carbocycles. The average molecular weight is 242 g/mol. The first-order valence-electron chi connectivity index (χ1n) is 4.61. The topological polar surface area (TPSA) is 105 Å². The summed E-state index contributed by atoms with van der Waals surface area (Å²) in [6.45, 7) is 0.186. The minimum absolute atomic E-state index is 0.00218. The molecule has 0 spiro atoms. The Morgan fingerprint density at radius 1 is 1.12 bits per heavy atom. The van der Waals surface area contributed by atoms with E-state index in [1.54, 1.807) is 0 Å². The highest BCUT2D eigenvalue weighted by atomic mass is 16.6. The third kappa shape index (κ3) is 3.11. The van der Waals surface area contributed by atoms with Crippen LogP contribution >= 0.6 is 0 Å². The van der Waals surface area contributed by atoms with E-state index in [1.165, 1.54) is 13.2 Å². The van der Waals surface area contributed by atoms with Crippen LogP contribution in [0.25, 0.3) is 0 Å². The van der Waals surface area contributed by atoms with E-state index in [0.29, 0.717) is 0 Å². The van der Waals surface area contributed by atoms with E-state index in [-0.39, 0.29) is 19.0 Å². The van der Waals surface area contributed by atoms with Gasteiger partial charge >= 0.3 is 11.4 Å². The lowest BCUT2D eigenvalue weighted by Gasteiger charge is -2.06.